The highest BCUT2D eigenvalue weighted by Crippen LogP contribution is 2.45. The molecule has 0 aromatic heterocycles. The van der Waals surface area contributed by atoms with Gasteiger partial charge in [-0.15, -0.1) is 0 Å². The Balaban J connectivity index is 1.68. The van der Waals surface area contributed by atoms with Gasteiger partial charge in [-0.3, -0.25) is 0 Å². The number of nitrogens with zero attached hydrogens (tertiary/aromatic N) is 1. The molecule has 132 valence electrons. The zero-order chi connectivity index (χ0) is 17.5. The molecule has 0 saturated carbocycles. The molecule has 0 radical (unpaired) electrons. The summed E-state index contributed by atoms with van der Waals surface area (Å²) < 4.78 is 11.6. The number of benzene rings is 1. The van der Waals surface area contributed by atoms with Crippen LogP contribution in [0.4, 0.5) is 4.79 Å². The lowest BCUT2D eigenvalue weighted by atomic mass is 9.81. The summed E-state index contributed by atoms with van der Waals surface area (Å²) in [5.41, 5.74) is -0.359. The molecule has 2 N–H and O–H groups in total. The van der Waals surface area contributed by atoms with Crippen molar-refractivity contribution in [2.75, 3.05) is 13.1 Å². The van der Waals surface area contributed by atoms with Crippen molar-refractivity contribution in [3.05, 3.63) is 23.8 Å². The summed E-state index contributed by atoms with van der Waals surface area (Å²) in [5.74, 6) is 0.726. The number of hydrogen-bond donors (Lipinski definition) is 2. The number of piperidine rings is 1. The minimum absolute atomic E-state index is 0.118. The topological polar surface area (TPSA) is 79.2 Å². The molecule has 1 amide bonds. The van der Waals surface area contributed by atoms with E-state index in [1.807, 2.05) is 20.8 Å². The molecule has 1 fully saturated rings. The number of phenols is 1. The van der Waals surface area contributed by atoms with E-state index in [-0.39, 0.29) is 11.8 Å². The van der Waals surface area contributed by atoms with E-state index in [4.69, 9.17) is 9.47 Å². The Morgan fingerprint density at radius 1 is 1.33 bits per heavy atom. The second kappa shape index (κ2) is 5.84. The van der Waals surface area contributed by atoms with Crippen LogP contribution in [0.2, 0.25) is 0 Å². The van der Waals surface area contributed by atoms with Crippen molar-refractivity contribution in [1.82, 2.24) is 4.90 Å². The Kier molecular flexibility index (Phi) is 4.11. The van der Waals surface area contributed by atoms with Crippen LogP contribution in [0.3, 0.4) is 0 Å². The van der Waals surface area contributed by atoms with Crippen LogP contribution in [0.25, 0.3) is 0 Å². The van der Waals surface area contributed by atoms with E-state index in [9.17, 15) is 15.0 Å². The average Bonchev–Trinajstić information content (AvgIpc) is 2.47. The highest BCUT2D eigenvalue weighted by atomic mass is 16.6. The van der Waals surface area contributed by atoms with Gasteiger partial charge in [0.15, 0.2) is 0 Å². The molecule has 0 unspecified atom stereocenters. The number of likely N-dealkylation sites (tertiary alicyclic amines) is 1. The van der Waals surface area contributed by atoms with Crippen LogP contribution in [-0.4, -0.2) is 45.5 Å². The van der Waals surface area contributed by atoms with Crippen molar-refractivity contribution in [3.8, 4) is 11.5 Å². The Bertz CT molecular complexity index is 629. The summed E-state index contributed by atoms with van der Waals surface area (Å²) in [6.45, 7) is 6.62. The smallest absolute Gasteiger partial charge is 0.410 e. The maximum absolute atomic E-state index is 12.2. The summed E-state index contributed by atoms with van der Waals surface area (Å²) in [6.07, 6.45) is 0.770. The molecule has 2 aliphatic heterocycles. The maximum atomic E-state index is 12.2. The monoisotopic (exact) mass is 335 g/mol. The molecule has 1 atom stereocenters. The van der Waals surface area contributed by atoms with E-state index in [1.54, 1.807) is 23.1 Å². The molecule has 6 nitrogen and oxygen atoms in total. The molecular formula is C18H25NO5. The quantitative estimate of drug-likeness (QED) is 0.762. The summed E-state index contributed by atoms with van der Waals surface area (Å²) in [5, 5.41) is 20.0. The average molecular weight is 335 g/mol. The Labute approximate surface area is 142 Å². The zero-order valence-electron chi connectivity index (χ0n) is 14.4. The number of aromatic hydroxyl groups is 1. The molecule has 1 saturated heterocycles. The molecule has 24 heavy (non-hydrogen) atoms. The number of carbonyl (C=O) groups is 1. The highest BCUT2D eigenvalue weighted by Gasteiger charge is 2.44. The zero-order valence-corrected chi connectivity index (χ0v) is 14.4. The van der Waals surface area contributed by atoms with Crippen molar-refractivity contribution in [3.63, 3.8) is 0 Å². The molecule has 1 aromatic carbocycles. The Morgan fingerprint density at radius 2 is 2.00 bits per heavy atom. The Hall–Kier alpha value is -1.95. The van der Waals surface area contributed by atoms with Gasteiger partial charge in [0, 0.05) is 37.9 Å². The fourth-order valence-electron chi connectivity index (χ4n) is 3.36. The minimum atomic E-state index is -0.672. The first kappa shape index (κ1) is 16.9. The number of amides is 1. The largest absolute Gasteiger partial charge is 0.508 e. The van der Waals surface area contributed by atoms with Gasteiger partial charge in [-0.1, -0.05) is 0 Å². The third kappa shape index (κ3) is 3.43. The van der Waals surface area contributed by atoms with Crippen LogP contribution < -0.4 is 4.74 Å². The lowest BCUT2D eigenvalue weighted by Gasteiger charge is -2.45. The maximum Gasteiger partial charge on any atom is 0.410 e. The van der Waals surface area contributed by atoms with E-state index < -0.39 is 17.3 Å². The molecular weight excluding hydrogens is 310 g/mol. The highest BCUT2D eigenvalue weighted by molar-refractivity contribution is 5.68. The van der Waals surface area contributed by atoms with E-state index in [2.05, 4.69) is 0 Å². The number of carbonyl (C=O) groups excluding carboxylic acids is 1. The van der Waals surface area contributed by atoms with Gasteiger partial charge in [0.2, 0.25) is 0 Å². The van der Waals surface area contributed by atoms with Crippen LogP contribution in [0.15, 0.2) is 18.2 Å². The third-order valence-corrected chi connectivity index (χ3v) is 4.57. The van der Waals surface area contributed by atoms with Crippen LogP contribution >= 0.6 is 0 Å². The SMILES string of the molecule is CC(C)(C)OC(=O)N1CCC2(CC1)C[C@@H](O)c1cc(O)ccc1O2. The van der Waals surface area contributed by atoms with Gasteiger partial charge in [-0.25, -0.2) is 4.79 Å². The molecule has 0 aliphatic carbocycles. The molecule has 6 heteroatoms. The number of hydrogen-bond acceptors (Lipinski definition) is 5. The van der Waals surface area contributed by atoms with Crippen LogP contribution in [-0.2, 0) is 4.74 Å². The standard InChI is InChI=1S/C18H25NO5/c1-17(2,3)24-16(22)19-8-6-18(7-9-19)11-14(21)13-10-12(20)4-5-15(13)23-18/h4-5,10,14,20-21H,6-9,11H2,1-3H3/t14-/m1/s1. The first-order valence-electron chi connectivity index (χ1n) is 8.35. The van der Waals surface area contributed by atoms with Crippen molar-refractivity contribution in [1.29, 1.82) is 0 Å². The van der Waals surface area contributed by atoms with Gasteiger partial charge < -0.3 is 24.6 Å². The third-order valence-electron chi connectivity index (χ3n) is 4.57. The van der Waals surface area contributed by atoms with E-state index in [0.29, 0.717) is 43.7 Å². The second-order valence-electron chi connectivity index (χ2n) is 7.69. The lowest BCUT2D eigenvalue weighted by Crippen LogP contribution is -2.52. The van der Waals surface area contributed by atoms with Crippen molar-refractivity contribution in [2.24, 2.45) is 0 Å². The number of ether oxygens (including phenoxy) is 2. The number of aliphatic hydroxyl groups excluding tert-OH is 1. The fraction of sp³-hybridized carbons (Fsp3) is 0.611. The van der Waals surface area contributed by atoms with Gasteiger partial charge in [-0.2, -0.15) is 0 Å². The van der Waals surface area contributed by atoms with Crippen LogP contribution in [0, 0.1) is 0 Å². The van der Waals surface area contributed by atoms with Gasteiger partial charge >= 0.3 is 6.09 Å². The van der Waals surface area contributed by atoms with Crippen molar-refractivity contribution >= 4 is 6.09 Å². The predicted molar refractivity (Wildman–Crippen MR) is 88.1 cm³/mol. The number of aliphatic hydroxyl groups is 1. The molecule has 1 spiro atoms. The second-order valence-corrected chi connectivity index (χ2v) is 7.69. The van der Waals surface area contributed by atoms with E-state index in [0.717, 1.165) is 0 Å². The summed E-state index contributed by atoms with van der Waals surface area (Å²) in [7, 11) is 0. The van der Waals surface area contributed by atoms with E-state index in [1.165, 1.54) is 0 Å². The number of rotatable bonds is 0. The summed E-state index contributed by atoms with van der Waals surface area (Å²) in [6, 6.07) is 4.79. The van der Waals surface area contributed by atoms with Crippen LogP contribution in [0.5, 0.6) is 11.5 Å². The van der Waals surface area contributed by atoms with Crippen molar-refractivity contribution in [2.45, 2.75) is 57.3 Å². The predicted octanol–water partition coefficient (Wildman–Crippen LogP) is 2.98. The van der Waals surface area contributed by atoms with Crippen molar-refractivity contribution < 1.29 is 24.5 Å². The van der Waals surface area contributed by atoms with Gasteiger partial charge in [0.25, 0.3) is 0 Å². The first-order valence-corrected chi connectivity index (χ1v) is 8.35. The lowest BCUT2D eigenvalue weighted by molar-refractivity contribution is -0.0570. The Morgan fingerprint density at radius 3 is 2.62 bits per heavy atom. The van der Waals surface area contributed by atoms with Crippen LogP contribution in [0.1, 0.15) is 51.7 Å². The fourth-order valence-corrected chi connectivity index (χ4v) is 3.36. The molecule has 1 aromatic rings. The minimum Gasteiger partial charge on any atom is -0.508 e. The van der Waals surface area contributed by atoms with E-state index >= 15 is 0 Å². The summed E-state index contributed by atoms with van der Waals surface area (Å²) >= 11 is 0. The summed E-state index contributed by atoms with van der Waals surface area (Å²) in [4.78, 5) is 13.9. The molecule has 2 aliphatic rings. The van der Waals surface area contributed by atoms with Gasteiger partial charge in [-0.05, 0) is 39.0 Å². The molecule has 3 rings (SSSR count). The van der Waals surface area contributed by atoms with Gasteiger partial charge in [0.05, 0.1) is 6.10 Å². The number of fused-ring (bicyclic) bond motifs is 1. The van der Waals surface area contributed by atoms with Gasteiger partial charge in [0.1, 0.15) is 22.7 Å². The molecule has 2 heterocycles. The normalized spacial score (nSPS) is 22.7. The number of phenolic OH excluding ortho intramolecular Hbond substituents is 1. The first-order chi connectivity index (χ1) is 11.2. The molecule has 0 bridgehead atoms.